The van der Waals surface area contributed by atoms with Crippen LogP contribution in [0.2, 0.25) is 0 Å². The highest BCUT2D eigenvalue weighted by Crippen LogP contribution is 2.26. The molecule has 102 valence electrons. The van der Waals surface area contributed by atoms with E-state index in [0.29, 0.717) is 5.92 Å². The van der Waals surface area contributed by atoms with Gasteiger partial charge in [0.05, 0.1) is 12.1 Å². The van der Waals surface area contributed by atoms with Crippen molar-refractivity contribution >= 4 is 0 Å². The lowest BCUT2D eigenvalue weighted by Gasteiger charge is -2.31. The maximum absolute atomic E-state index is 5.69. The van der Waals surface area contributed by atoms with Crippen molar-refractivity contribution in [3.05, 3.63) is 29.6 Å². The monoisotopic (exact) mass is 250 g/mol. The molecule has 2 atom stereocenters. The standard InChI is InChI=1S/C15H26N2O/c1-6-8-17-14(15(18-5)11(2)3)13-10-16-9-7-12(13)4/h7,9-11,14-15,17H,6,8H2,1-5H3. The topological polar surface area (TPSA) is 34.2 Å². The molecule has 0 aromatic carbocycles. The van der Waals surface area contributed by atoms with Crippen LogP contribution in [-0.4, -0.2) is 24.7 Å². The van der Waals surface area contributed by atoms with Gasteiger partial charge >= 0.3 is 0 Å². The summed E-state index contributed by atoms with van der Waals surface area (Å²) in [5, 5.41) is 3.59. The van der Waals surface area contributed by atoms with Gasteiger partial charge < -0.3 is 10.1 Å². The Labute approximate surface area is 111 Å². The average Bonchev–Trinajstić information content (AvgIpc) is 2.35. The van der Waals surface area contributed by atoms with E-state index in [-0.39, 0.29) is 12.1 Å². The molecule has 1 aromatic heterocycles. The van der Waals surface area contributed by atoms with Gasteiger partial charge in [0.1, 0.15) is 0 Å². The fraction of sp³-hybridized carbons (Fsp3) is 0.667. The highest BCUT2D eigenvalue weighted by molar-refractivity contribution is 5.26. The Morgan fingerprint density at radius 2 is 2.11 bits per heavy atom. The molecule has 0 saturated carbocycles. The van der Waals surface area contributed by atoms with Crippen molar-refractivity contribution in [3.8, 4) is 0 Å². The second-order valence-electron chi connectivity index (χ2n) is 5.11. The predicted octanol–water partition coefficient (Wildman–Crippen LogP) is 3.10. The summed E-state index contributed by atoms with van der Waals surface area (Å²) >= 11 is 0. The zero-order valence-electron chi connectivity index (χ0n) is 12.2. The van der Waals surface area contributed by atoms with Gasteiger partial charge in [0.25, 0.3) is 0 Å². The summed E-state index contributed by atoms with van der Waals surface area (Å²) in [7, 11) is 1.79. The van der Waals surface area contributed by atoms with Crippen LogP contribution in [0.1, 0.15) is 44.4 Å². The molecule has 3 nitrogen and oxygen atoms in total. The van der Waals surface area contributed by atoms with Gasteiger partial charge in [0.2, 0.25) is 0 Å². The third-order valence-corrected chi connectivity index (χ3v) is 3.29. The molecule has 0 fully saturated rings. The smallest absolute Gasteiger partial charge is 0.0789 e. The summed E-state index contributed by atoms with van der Waals surface area (Å²) in [5.74, 6) is 0.462. The van der Waals surface area contributed by atoms with Crippen LogP contribution < -0.4 is 5.32 Å². The molecule has 2 unspecified atom stereocenters. The molecular weight excluding hydrogens is 224 g/mol. The summed E-state index contributed by atoms with van der Waals surface area (Å²) in [6, 6.07) is 2.27. The fourth-order valence-electron chi connectivity index (χ4n) is 2.30. The molecule has 1 rings (SSSR count). The first-order chi connectivity index (χ1) is 8.61. The Balaban J connectivity index is 3.00. The second kappa shape index (κ2) is 7.49. The van der Waals surface area contributed by atoms with Crippen molar-refractivity contribution in [2.75, 3.05) is 13.7 Å². The molecule has 1 heterocycles. The molecule has 3 heteroatoms. The SMILES string of the molecule is CCCNC(c1cnccc1C)C(OC)C(C)C. The number of ether oxygens (including phenoxy) is 1. The molecule has 0 saturated heterocycles. The Morgan fingerprint density at radius 3 is 2.61 bits per heavy atom. The summed E-state index contributed by atoms with van der Waals surface area (Å²) in [6.45, 7) is 9.69. The molecule has 0 bridgehead atoms. The summed E-state index contributed by atoms with van der Waals surface area (Å²) in [4.78, 5) is 4.25. The van der Waals surface area contributed by atoms with Crippen molar-refractivity contribution in [2.24, 2.45) is 5.92 Å². The van der Waals surface area contributed by atoms with E-state index in [9.17, 15) is 0 Å². The highest BCUT2D eigenvalue weighted by Gasteiger charge is 2.26. The van der Waals surface area contributed by atoms with E-state index in [0.717, 1.165) is 13.0 Å². The lowest BCUT2D eigenvalue weighted by Crippen LogP contribution is -2.37. The predicted molar refractivity (Wildman–Crippen MR) is 75.6 cm³/mol. The van der Waals surface area contributed by atoms with Crippen molar-refractivity contribution in [1.82, 2.24) is 10.3 Å². The van der Waals surface area contributed by atoms with Crippen LogP contribution in [0.25, 0.3) is 0 Å². The van der Waals surface area contributed by atoms with Crippen LogP contribution in [0.4, 0.5) is 0 Å². The average molecular weight is 250 g/mol. The molecule has 0 aliphatic carbocycles. The van der Waals surface area contributed by atoms with Gasteiger partial charge in [-0.05, 0) is 43.0 Å². The Bertz CT molecular complexity index is 352. The minimum absolute atomic E-state index is 0.166. The molecule has 1 N–H and O–H groups in total. The van der Waals surface area contributed by atoms with Crippen LogP contribution in [0.3, 0.4) is 0 Å². The van der Waals surface area contributed by atoms with Gasteiger partial charge in [-0.3, -0.25) is 4.98 Å². The fourth-order valence-corrected chi connectivity index (χ4v) is 2.30. The van der Waals surface area contributed by atoms with Crippen LogP contribution in [0, 0.1) is 12.8 Å². The van der Waals surface area contributed by atoms with Gasteiger partial charge in [-0.2, -0.15) is 0 Å². The van der Waals surface area contributed by atoms with Crippen LogP contribution in [-0.2, 0) is 4.74 Å². The van der Waals surface area contributed by atoms with Crippen molar-refractivity contribution in [1.29, 1.82) is 0 Å². The number of rotatable bonds is 7. The van der Waals surface area contributed by atoms with E-state index < -0.39 is 0 Å². The largest absolute Gasteiger partial charge is 0.379 e. The van der Waals surface area contributed by atoms with E-state index in [2.05, 4.69) is 44.1 Å². The van der Waals surface area contributed by atoms with Crippen molar-refractivity contribution in [2.45, 2.75) is 46.3 Å². The third-order valence-electron chi connectivity index (χ3n) is 3.29. The van der Waals surface area contributed by atoms with Crippen LogP contribution >= 0.6 is 0 Å². The van der Waals surface area contributed by atoms with E-state index in [1.54, 1.807) is 7.11 Å². The molecule has 0 spiro atoms. The molecule has 0 amide bonds. The van der Waals surface area contributed by atoms with Gasteiger partial charge in [-0.15, -0.1) is 0 Å². The zero-order valence-corrected chi connectivity index (χ0v) is 12.2. The normalized spacial score (nSPS) is 14.8. The second-order valence-corrected chi connectivity index (χ2v) is 5.11. The first-order valence-electron chi connectivity index (χ1n) is 6.78. The number of hydrogen-bond acceptors (Lipinski definition) is 3. The van der Waals surface area contributed by atoms with Gasteiger partial charge in [0.15, 0.2) is 0 Å². The lowest BCUT2D eigenvalue weighted by molar-refractivity contribution is 0.0324. The number of hydrogen-bond donors (Lipinski definition) is 1. The number of aryl methyl sites for hydroxylation is 1. The minimum atomic E-state index is 0.166. The number of pyridine rings is 1. The molecule has 0 radical (unpaired) electrons. The number of nitrogens with zero attached hydrogens (tertiary/aromatic N) is 1. The zero-order chi connectivity index (χ0) is 13.5. The number of nitrogens with one attached hydrogen (secondary N) is 1. The van der Waals surface area contributed by atoms with Crippen molar-refractivity contribution in [3.63, 3.8) is 0 Å². The van der Waals surface area contributed by atoms with E-state index in [4.69, 9.17) is 4.74 Å². The lowest BCUT2D eigenvalue weighted by atomic mass is 9.92. The quantitative estimate of drug-likeness (QED) is 0.807. The van der Waals surface area contributed by atoms with E-state index in [1.165, 1.54) is 11.1 Å². The first kappa shape index (κ1) is 15.1. The van der Waals surface area contributed by atoms with Gasteiger partial charge in [-0.25, -0.2) is 0 Å². The minimum Gasteiger partial charge on any atom is -0.379 e. The van der Waals surface area contributed by atoms with Gasteiger partial charge in [0, 0.05) is 19.5 Å². The van der Waals surface area contributed by atoms with Crippen molar-refractivity contribution < 1.29 is 4.74 Å². The van der Waals surface area contributed by atoms with Gasteiger partial charge in [-0.1, -0.05) is 20.8 Å². The molecule has 0 aliphatic heterocycles. The van der Waals surface area contributed by atoms with Crippen LogP contribution in [0.5, 0.6) is 0 Å². The van der Waals surface area contributed by atoms with E-state index >= 15 is 0 Å². The Kier molecular flexibility index (Phi) is 6.30. The molecule has 1 aromatic rings. The number of methoxy groups -OCH3 is 1. The maximum Gasteiger partial charge on any atom is 0.0789 e. The Hall–Kier alpha value is -0.930. The summed E-state index contributed by atoms with van der Waals surface area (Å²) in [6.07, 6.45) is 5.08. The molecule has 18 heavy (non-hydrogen) atoms. The first-order valence-corrected chi connectivity index (χ1v) is 6.78. The van der Waals surface area contributed by atoms with Crippen LogP contribution in [0.15, 0.2) is 18.5 Å². The van der Waals surface area contributed by atoms with E-state index in [1.807, 2.05) is 12.4 Å². The number of aromatic nitrogens is 1. The third kappa shape index (κ3) is 3.79. The summed E-state index contributed by atoms with van der Waals surface area (Å²) in [5.41, 5.74) is 2.51. The highest BCUT2D eigenvalue weighted by atomic mass is 16.5. The summed E-state index contributed by atoms with van der Waals surface area (Å²) < 4.78 is 5.69. The molecular formula is C15H26N2O. The molecule has 0 aliphatic rings. The Morgan fingerprint density at radius 1 is 1.39 bits per heavy atom. The maximum atomic E-state index is 5.69.